The number of unbranched alkanes of at least 4 members (excludes halogenated alkanes) is 1. The number of hydrogen-bond acceptors (Lipinski definition) is 6. The molecule has 0 N–H and O–H groups in total. The molecule has 3 rings (SSSR count). The minimum atomic E-state index is -0.358. The summed E-state index contributed by atoms with van der Waals surface area (Å²) in [4.78, 5) is 11.9. The lowest BCUT2D eigenvalue weighted by Gasteiger charge is -2.29. The first-order chi connectivity index (χ1) is 11.8. The zero-order chi connectivity index (χ0) is 16.6. The average molecular weight is 369 g/mol. The van der Waals surface area contributed by atoms with Crippen molar-refractivity contribution < 1.29 is 19.0 Å². The van der Waals surface area contributed by atoms with Gasteiger partial charge in [0.15, 0.2) is 6.29 Å². The predicted molar refractivity (Wildman–Crippen MR) is 97.9 cm³/mol. The normalized spacial score (nSPS) is 27.1. The van der Waals surface area contributed by atoms with Crippen LogP contribution in [0.4, 0.5) is 0 Å². The molecule has 2 heterocycles. The zero-order valence-corrected chi connectivity index (χ0v) is 15.4. The van der Waals surface area contributed by atoms with Crippen LogP contribution in [0, 0.1) is 0 Å². The Morgan fingerprint density at radius 3 is 2.67 bits per heavy atom. The van der Waals surface area contributed by atoms with Gasteiger partial charge < -0.3 is 14.2 Å². The molecule has 2 aliphatic rings. The molecule has 0 radical (unpaired) electrons. The van der Waals surface area contributed by atoms with E-state index in [0.717, 1.165) is 23.7 Å². The molecular formula is C18H24O4S2. The second-order valence-corrected chi connectivity index (χ2v) is 8.88. The van der Waals surface area contributed by atoms with Gasteiger partial charge in [0.05, 0.1) is 13.2 Å². The maximum absolute atomic E-state index is 11.9. The van der Waals surface area contributed by atoms with Crippen LogP contribution in [0.1, 0.15) is 44.0 Å². The predicted octanol–water partition coefficient (Wildman–Crippen LogP) is 4.36. The van der Waals surface area contributed by atoms with Crippen molar-refractivity contribution in [3.05, 3.63) is 35.9 Å². The first kappa shape index (κ1) is 18.1. The van der Waals surface area contributed by atoms with Crippen molar-refractivity contribution in [2.45, 2.75) is 49.7 Å². The molecule has 1 aromatic rings. The van der Waals surface area contributed by atoms with E-state index in [9.17, 15) is 4.79 Å². The molecule has 0 saturated carbocycles. The SMILES string of the molecule is O=C(CCCC[C@@H]1CCSS1)OC1COC(c2ccccc2)OC1. The van der Waals surface area contributed by atoms with E-state index in [-0.39, 0.29) is 18.4 Å². The Kier molecular flexibility index (Phi) is 7.32. The highest BCUT2D eigenvalue weighted by Crippen LogP contribution is 2.39. The Morgan fingerprint density at radius 1 is 1.17 bits per heavy atom. The van der Waals surface area contributed by atoms with Crippen LogP contribution in [0.2, 0.25) is 0 Å². The van der Waals surface area contributed by atoms with Gasteiger partial charge in [0, 0.05) is 23.0 Å². The Morgan fingerprint density at radius 2 is 1.96 bits per heavy atom. The average Bonchev–Trinajstić information content (AvgIpc) is 3.14. The summed E-state index contributed by atoms with van der Waals surface area (Å²) in [5.41, 5.74) is 0.991. The van der Waals surface area contributed by atoms with E-state index in [1.54, 1.807) is 0 Å². The third-order valence-corrected chi connectivity index (χ3v) is 7.13. The second kappa shape index (κ2) is 9.70. The Balaban J connectivity index is 1.28. The standard InChI is InChI=1S/C18H24O4S2/c19-17(9-5-4-8-16-10-11-23-24-16)22-15-12-20-18(21-13-15)14-6-2-1-3-7-14/h1-3,6-7,15-16,18H,4-5,8-13H2/t15?,16-,18?/m1/s1. The number of benzene rings is 1. The minimum absolute atomic E-state index is 0.140. The molecule has 0 unspecified atom stereocenters. The molecule has 2 fully saturated rings. The Hall–Kier alpha value is -0.690. The lowest BCUT2D eigenvalue weighted by molar-refractivity contribution is -0.229. The minimum Gasteiger partial charge on any atom is -0.457 e. The summed E-state index contributed by atoms with van der Waals surface area (Å²) in [5.74, 6) is 1.13. The van der Waals surface area contributed by atoms with Crippen LogP contribution < -0.4 is 0 Å². The molecule has 0 aromatic heterocycles. The van der Waals surface area contributed by atoms with E-state index in [1.165, 1.54) is 18.6 Å². The number of carbonyl (C=O) groups is 1. The molecule has 2 aliphatic heterocycles. The van der Waals surface area contributed by atoms with Crippen LogP contribution in [0.25, 0.3) is 0 Å². The van der Waals surface area contributed by atoms with Crippen LogP contribution in [-0.4, -0.2) is 36.3 Å². The number of esters is 1. The summed E-state index contributed by atoms with van der Waals surface area (Å²) >= 11 is 0. The van der Waals surface area contributed by atoms with Crippen molar-refractivity contribution in [2.75, 3.05) is 19.0 Å². The van der Waals surface area contributed by atoms with Crippen molar-refractivity contribution in [3.63, 3.8) is 0 Å². The van der Waals surface area contributed by atoms with Crippen LogP contribution in [0.5, 0.6) is 0 Å². The number of carbonyl (C=O) groups excluding carboxylic acids is 1. The van der Waals surface area contributed by atoms with Crippen molar-refractivity contribution >= 4 is 27.6 Å². The molecule has 4 nitrogen and oxygen atoms in total. The molecule has 0 aliphatic carbocycles. The summed E-state index contributed by atoms with van der Waals surface area (Å²) in [7, 11) is 3.96. The fraction of sp³-hybridized carbons (Fsp3) is 0.611. The van der Waals surface area contributed by atoms with Gasteiger partial charge in [-0.1, -0.05) is 58.3 Å². The summed E-state index contributed by atoms with van der Waals surface area (Å²) < 4.78 is 16.8. The lowest BCUT2D eigenvalue weighted by Crippen LogP contribution is -2.35. The van der Waals surface area contributed by atoms with E-state index in [0.29, 0.717) is 19.6 Å². The van der Waals surface area contributed by atoms with E-state index in [4.69, 9.17) is 14.2 Å². The number of ether oxygens (including phenoxy) is 3. The summed E-state index contributed by atoms with van der Waals surface area (Å²) in [6.07, 6.45) is 4.35. The first-order valence-electron chi connectivity index (χ1n) is 8.57. The third-order valence-electron chi connectivity index (χ3n) is 4.12. The van der Waals surface area contributed by atoms with Crippen LogP contribution in [0.3, 0.4) is 0 Å². The highest BCUT2D eigenvalue weighted by Gasteiger charge is 2.26. The van der Waals surface area contributed by atoms with Gasteiger partial charge in [-0.3, -0.25) is 4.79 Å². The molecule has 6 heteroatoms. The number of hydrogen-bond donors (Lipinski definition) is 0. The van der Waals surface area contributed by atoms with Gasteiger partial charge in [-0.25, -0.2) is 0 Å². The van der Waals surface area contributed by atoms with Crippen LogP contribution in [0.15, 0.2) is 30.3 Å². The summed E-state index contributed by atoms with van der Waals surface area (Å²) in [6.45, 7) is 0.780. The Labute approximate surface area is 151 Å². The molecular weight excluding hydrogens is 344 g/mol. The quantitative estimate of drug-likeness (QED) is 0.405. The molecule has 1 aromatic carbocycles. The first-order valence-corrected chi connectivity index (χ1v) is 11.0. The molecule has 0 spiro atoms. The molecule has 1 atom stereocenters. The van der Waals surface area contributed by atoms with Crippen molar-refractivity contribution in [3.8, 4) is 0 Å². The molecule has 0 bridgehead atoms. The topological polar surface area (TPSA) is 44.8 Å². The van der Waals surface area contributed by atoms with Gasteiger partial charge in [-0.05, 0) is 19.3 Å². The highest BCUT2D eigenvalue weighted by molar-refractivity contribution is 8.77. The maximum atomic E-state index is 11.9. The fourth-order valence-corrected chi connectivity index (χ4v) is 5.83. The lowest BCUT2D eigenvalue weighted by atomic mass is 10.1. The molecule has 2 saturated heterocycles. The molecule has 132 valence electrons. The van der Waals surface area contributed by atoms with Gasteiger partial charge in [0.2, 0.25) is 0 Å². The van der Waals surface area contributed by atoms with Gasteiger partial charge >= 0.3 is 5.97 Å². The van der Waals surface area contributed by atoms with Crippen LogP contribution in [-0.2, 0) is 19.0 Å². The maximum Gasteiger partial charge on any atom is 0.306 e. The summed E-state index contributed by atoms with van der Waals surface area (Å²) in [6, 6.07) is 9.81. The van der Waals surface area contributed by atoms with Gasteiger partial charge in [0.25, 0.3) is 0 Å². The molecule has 24 heavy (non-hydrogen) atoms. The van der Waals surface area contributed by atoms with Gasteiger partial charge in [-0.15, -0.1) is 0 Å². The van der Waals surface area contributed by atoms with Gasteiger partial charge in [0.1, 0.15) is 6.10 Å². The number of rotatable bonds is 7. The molecule has 0 amide bonds. The largest absolute Gasteiger partial charge is 0.457 e. The van der Waals surface area contributed by atoms with E-state index in [2.05, 4.69) is 0 Å². The van der Waals surface area contributed by atoms with E-state index < -0.39 is 0 Å². The summed E-state index contributed by atoms with van der Waals surface area (Å²) in [5, 5.41) is 0.779. The van der Waals surface area contributed by atoms with Crippen molar-refractivity contribution in [1.82, 2.24) is 0 Å². The van der Waals surface area contributed by atoms with E-state index >= 15 is 0 Å². The van der Waals surface area contributed by atoms with E-state index in [1.807, 2.05) is 51.9 Å². The monoisotopic (exact) mass is 368 g/mol. The van der Waals surface area contributed by atoms with Crippen molar-refractivity contribution in [1.29, 1.82) is 0 Å². The fourth-order valence-electron chi connectivity index (χ4n) is 2.81. The van der Waals surface area contributed by atoms with Crippen molar-refractivity contribution in [2.24, 2.45) is 0 Å². The third kappa shape index (κ3) is 5.69. The van der Waals surface area contributed by atoms with Crippen LogP contribution >= 0.6 is 21.6 Å². The zero-order valence-electron chi connectivity index (χ0n) is 13.7. The second-order valence-electron chi connectivity index (χ2n) is 6.10. The van der Waals surface area contributed by atoms with Gasteiger partial charge in [-0.2, -0.15) is 0 Å². The Bertz CT molecular complexity index is 497. The smallest absolute Gasteiger partial charge is 0.306 e. The highest BCUT2D eigenvalue weighted by atomic mass is 33.1.